The standard InChI is InChI=1S/C18H15ClN2O3/c19-15-9-5-4-8-14(15)18-20-16(24-21-18)12-23-17(22)11-10-13-6-2-1-3-7-13/h1-9H,10-12H2. The van der Waals surface area contributed by atoms with E-state index in [0.29, 0.717) is 29.3 Å². The summed E-state index contributed by atoms with van der Waals surface area (Å²) in [6.07, 6.45) is 0.934. The zero-order valence-electron chi connectivity index (χ0n) is 12.8. The fourth-order valence-corrected chi connectivity index (χ4v) is 2.39. The van der Waals surface area contributed by atoms with Gasteiger partial charge in [0.05, 0.1) is 5.02 Å². The monoisotopic (exact) mass is 342 g/mol. The molecular formula is C18H15ClN2O3. The molecule has 0 radical (unpaired) electrons. The molecule has 0 aliphatic rings. The Morgan fingerprint density at radius 1 is 1.08 bits per heavy atom. The Kier molecular flexibility index (Phi) is 5.23. The lowest BCUT2D eigenvalue weighted by Gasteiger charge is -2.02. The Morgan fingerprint density at radius 3 is 2.62 bits per heavy atom. The number of hydrogen-bond donors (Lipinski definition) is 0. The molecular weight excluding hydrogens is 328 g/mol. The number of carbonyl (C=O) groups excluding carboxylic acids is 1. The number of aromatic nitrogens is 2. The van der Waals surface area contributed by atoms with Crippen molar-refractivity contribution in [2.24, 2.45) is 0 Å². The normalized spacial score (nSPS) is 10.5. The maximum Gasteiger partial charge on any atom is 0.306 e. The number of benzene rings is 2. The van der Waals surface area contributed by atoms with Crippen LogP contribution in [0.15, 0.2) is 59.1 Å². The highest BCUT2D eigenvalue weighted by molar-refractivity contribution is 6.33. The van der Waals surface area contributed by atoms with Gasteiger partial charge in [0, 0.05) is 12.0 Å². The van der Waals surface area contributed by atoms with Crippen LogP contribution in [0.3, 0.4) is 0 Å². The van der Waals surface area contributed by atoms with Gasteiger partial charge in [0.15, 0.2) is 6.61 Å². The third kappa shape index (κ3) is 4.20. The molecule has 3 aromatic rings. The molecule has 0 atom stereocenters. The first-order valence-electron chi connectivity index (χ1n) is 7.49. The summed E-state index contributed by atoms with van der Waals surface area (Å²) in [5, 5.41) is 4.39. The molecule has 0 bridgehead atoms. The van der Waals surface area contributed by atoms with E-state index >= 15 is 0 Å². The van der Waals surface area contributed by atoms with E-state index in [1.807, 2.05) is 42.5 Å². The lowest BCUT2D eigenvalue weighted by atomic mass is 10.1. The first-order valence-corrected chi connectivity index (χ1v) is 7.87. The predicted octanol–water partition coefficient (Wildman–Crippen LogP) is 4.07. The molecule has 0 fully saturated rings. The highest BCUT2D eigenvalue weighted by Gasteiger charge is 2.13. The average Bonchev–Trinajstić information content (AvgIpc) is 3.08. The second-order valence-electron chi connectivity index (χ2n) is 5.14. The van der Waals surface area contributed by atoms with E-state index < -0.39 is 0 Å². The molecule has 0 aliphatic carbocycles. The largest absolute Gasteiger partial charge is 0.456 e. The van der Waals surface area contributed by atoms with Crippen molar-refractivity contribution in [3.63, 3.8) is 0 Å². The van der Waals surface area contributed by atoms with Gasteiger partial charge in [0.25, 0.3) is 5.89 Å². The zero-order chi connectivity index (χ0) is 16.8. The summed E-state index contributed by atoms with van der Waals surface area (Å²) < 4.78 is 10.3. The van der Waals surface area contributed by atoms with Crippen molar-refractivity contribution in [2.75, 3.05) is 0 Å². The maximum atomic E-state index is 11.8. The van der Waals surface area contributed by atoms with Crippen LogP contribution < -0.4 is 0 Å². The first kappa shape index (κ1) is 16.2. The Hall–Kier alpha value is -2.66. The van der Waals surface area contributed by atoms with Crippen molar-refractivity contribution in [3.05, 3.63) is 71.1 Å². The van der Waals surface area contributed by atoms with E-state index in [9.17, 15) is 4.79 Å². The summed E-state index contributed by atoms with van der Waals surface area (Å²) in [6.45, 7) is -0.0505. The molecule has 0 saturated heterocycles. The fourth-order valence-electron chi connectivity index (χ4n) is 2.17. The fraction of sp³-hybridized carbons (Fsp3) is 0.167. The number of nitrogens with zero attached hydrogens (tertiary/aromatic N) is 2. The molecule has 2 aromatic carbocycles. The van der Waals surface area contributed by atoms with Crippen molar-refractivity contribution < 1.29 is 14.1 Å². The first-order chi connectivity index (χ1) is 11.7. The third-order valence-corrected chi connectivity index (χ3v) is 3.73. The minimum atomic E-state index is -0.309. The van der Waals surface area contributed by atoms with Gasteiger partial charge in [-0.25, -0.2) is 0 Å². The molecule has 0 saturated carbocycles. The second kappa shape index (κ2) is 7.75. The van der Waals surface area contributed by atoms with Crippen LogP contribution >= 0.6 is 11.6 Å². The minimum Gasteiger partial charge on any atom is -0.456 e. The summed E-state index contributed by atoms with van der Waals surface area (Å²) in [4.78, 5) is 16.0. The van der Waals surface area contributed by atoms with Crippen molar-refractivity contribution in [1.82, 2.24) is 10.1 Å². The third-order valence-electron chi connectivity index (χ3n) is 3.40. The van der Waals surface area contributed by atoms with Gasteiger partial charge in [-0.3, -0.25) is 4.79 Å². The predicted molar refractivity (Wildman–Crippen MR) is 89.3 cm³/mol. The Bertz CT molecular complexity index is 818. The van der Waals surface area contributed by atoms with Crippen LogP contribution in [0, 0.1) is 0 Å². The molecule has 0 amide bonds. The van der Waals surface area contributed by atoms with E-state index in [2.05, 4.69) is 10.1 Å². The molecule has 0 N–H and O–H groups in total. The number of rotatable bonds is 6. The van der Waals surface area contributed by atoms with Crippen LogP contribution in [0.2, 0.25) is 5.02 Å². The van der Waals surface area contributed by atoms with Crippen molar-refractivity contribution >= 4 is 17.6 Å². The van der Waals surface area contributed by atoms with Gasteiger partial charge in [-0.1, -0.05) is 59.2 Å². The molecule has 24 heavy (non-hydrogen) atoms. The SMILES string of the molecule is O=C(CCc1ccccc1)OCc1nc(-c2ccccc2Cl)no1. The van der Waals surface area contributed by atoms with E-state index in [1.165, 1.54) is 0 Å². The Labute approximate surface area is 144 Å². The summed E-state index contributed by atoms with van der Waals surface area (Å²) in [5.74, 6) is 0.297. The Morgan fingerprint density at radius 2 is 1.83 bits per heavy atom. The number of carbonyl (C=O) groups is 1. The van der Waals surface area contributed by atoms with Crippen LogP contribution in [0.5, 0.6) is 0 Å². The van der Waals surface area contributed by atoms with Crippen molar-refractivity contribution in [1.29, 1.82) is 0 Å². The molecule has 5 nitrogen and oxygen atoms in total. The van der Waals surface area contributed by atoms with Gasteiger partial charge in [-0.05, 0) is 24.1 Å². The lowest BCUT2D eigenvalue weighted by Crippen LogP contribution is -2.06. The van der Waals surface area contributed by atoms with E-state index in [4.69, 9.17) is 20.9 Å². The summed E-state index contributed by atoms with van der Waals surface area (Å²) in [6, 6.07) is 17.0. The maximum absolute atomic E-state index is 11.8. The van der Waals surface area contributed by atoms with Crippen molar-refractivity contribution in [2.45, 2.75) is 19.4 Å². The summed E-state index contributed by atoms with van der Waals surface area (Å²) >= 11 is 6.09. The smallest absolute Gasteiger partial charge is 0.306 e. The van der Waals surface area contributed by atoms with Gasteiger partial charge in [-0.2, -0.15) is 4.98 Å². The molecule has 6 heteroatoms. The second-order valence-corrected chi connectivity index (χ2v) is 5.55. The quantitative estimate of drug-likeness (QED) is 0.632. The van der Waals surface area contributed by atoms with Gasteiger partial charge in [0.2, 0.25) is 5.82 Å². The van der Waals surface area contributed by atoms with E-state index in [1.54, 1.807) is 12.1 Å². The molecule has 0 unspecified atom stereocenters. The van der Waals surface area contributed by atoms with Gasteiger partial charge in [-0.15, -0.1) is 0 Å². The number of halogens is 1. The zero-order valence-corrected chi connectivity index (χ0v) is 13.6. The van der Waals surface area contributed by atoms with Crippen LogP contribution in [0.4, 0.5) is 0 Å². The molecule has 1 heterocycles. The highest BCUT2D eigenvalue weighted by atomic mass is 35.5. The van der Waals surface area contributed by atoms with E-state index in [-0.39, 0.29) is 18.5 Å². The highest BCUT2D eigenvalue weighted by Crippen LogP contribution is 2.24. The molecule has 1 aromatic heterocycles. The van der Waals surface area contributed by atoms with E-state index in [0.717, 1.165) is 5.56 Å². The molecule has 0 spiro atoms. The number of esters is 1. The molecule has 122 valence electrons. The lowest BCUT2D eigenvalue weighted by molar-refractivity contribution is -0.145. The van der Waals surface area contributed by atoms with Gasteiger partial charge in [0.1, 0.15) is 0 Å². The summed E-state index contributed by atoms with van der Waals surface area (Å²) in [7, 11) is 0. The van der Waals surface area contributed by atoms with Gasteiger partial charge < -0.3 is 9.26 Å². The topological polar surface area (TPSA) is 65.2 Å². The Balaban J connectivity index is 1.52. The molecule has 3 rings (SSSR count). The average molecular weight is 343 g/mol. The minimum absolute atomic E-state index is 0.0505. The number of aryl methyl sites for hydroxylation is 1. The molecule has 0 aliphatic heterocycles. The van der Waals surface area contributed by atoms with Crippen LogP contribution in [0.25, 0.3) is 11.4 Å². The van der Waals surface area contributed by atoms with Crippen molar-refractivity contribution in [3.8, 4) is 11.4 Å². The number of ether oxygens (including phenoxy) is 1. The van der Waals surface area contributed by atoms with Crippen LogP contribution in [0.1, 0.15) is 17.9 Å². The van der Waals surface area contributed by atoms with Gasteiger partial charge >= 0.3 is 5.97 Å². The van der Waals surface area contributed by atoms with Crippen LogP contribution in [-0.4, -0.2) is 16.1 Å². The number of hydrogen-bond acceptors (Lipinski definition) is 5. The van der Waals surface area contributed by atoms with Crippen LogP contribution in [-0.2, 0) is 22.6 Å². The summed E-state index contributed by atoms with van der Waals surface area (Å²) in [5.41, 5.74) is 1.76.